The summed E-state index contributed by atoms with van der Waals surface area (Å²) in [6.07, 6.45) is 2.94. The van der Waals surface area contributed by atoms with Gasteiger partial charge in [0.05, 0.1) is 13.2 Å². The van der Waals surface area contributed by atoms with Gasteiger partial charge >= 0.3 is 0 Å². The molecule has 3 nitrogen and oxygen atoms in total. The molecule has 1 aliphatic rings. The number of nitriles is 1. The lowest BCUT2D eigenvalue weighted by Crippen LogP contribution is -2.16. The van der Waals surface area contributed by atoms with Crippen molar-refractivity contribution in [2.45, 2.75) is 17.4 Å². The molecule has 1 aliphatic heterocycles. The van der Waals surface area contributed by atoms with Gasteiger partial charge in [0.15, 0.2) is 0 Å². The van der Waals surface area contributed by atoms with Crippen molar-refractivity contribution < 1.29 is 9.47 Å². The van der Waals surface area contributed by atoms with Gasteiger partial charge in [-0.3, -0.25) is 0 Å². The minimum atomic E-state index is 0.0872. The van der Waals surface area contributed by atoms with Crippen molar-refractivity contribution in [2.75, 3.05) is 19.5 Å². The predicted molar refractivity (Wildman–Crippen MR) is 62.8 cm³/mol. The molecule has 1 heterocycles. The van der Waals surface area contributed by atoms with E-state index < -0.39 is 0 Å². The van der Waals surface area contributed by atoms with Gasteiger partial charge in [-0.25, -0.2) is 0 Å². The topological polar surface area (TPSA) is 42.2 Å². The smallest absolute Gasteiger partial charge is 0.138 e. The summed E-state index contributed by atoms with van der Waals surface area (Å²) in [7, 11) is 0. The summed E-state index contributed by atoms with van der Waals surface area (Å²) in [5.74, 6) is 0.671. The maximum atomic E-state index is 9.13. The van der Waals surface area contributed by atoms with Gasteiger partial charge in [0.25, 0.3) is 0 Å². The molecule has 0 amide bonds. The van der Waals surface area contributed by atoms with E-state index in [1.54, 1.807) is 11.8 Å². The second-order valence-corrected chi connectivity index (χ2v) is 4.40. The van der Waals surface area contributed by atoms with Crippen molar-refractivity contribution in [3.8, 4) is 11.8 Å². The zero-order chi connectivity index (χ0) is 11.4. The summed E-state index contributed by atoms with van der Waals surface area (Å²) in [4.78, 5) is 0.957. The first-order valence-corrected chi connectivity index (χ1v) is 6.39. The highest BCUT2D eigenvalue weighted by molar-refractivity contribution is 7.98. The Morgan fingerprint density at radius 2 is 2.44 bits per heavy atom. The van der Waals surface area contributed by atoms with Crippen LogP contribution < -0.4 is 4.74 Å². The fraction of sp³-hybridized carbons (Fsp3) is 0.417. The van der Waals surface area contributed by atoms with Crippen molar-refractivity contribution in [3.63, 3.8) is 0 Å². The van der Waals surface area contributed by atoms with Crippen LogP contribution >= 0.6 is 11.8 Å². The second kappa shape index (κ2) is 5.24. The van der Waals surface area contributed by atoms with Gasteiger partial charge in [0.1, 0.15) is 23.5 Å². The molecule has 1 aromatic carbocycles. The number of hydrogen-bond donors (Lipinski definition) is 0. The van der Waals surface area contributed by atoms with E-state index in [9.17, 15) is 0 Å². The van der Waals surface area contributed by atoms with E-state index in [2.05, 4.69) is 6.07 Å². The minimum Gasteiger partial charge on any atom is -0.487 e. The van der Waals surface area contributed by atoms with Gasteiger partial charge < -0.3 is 9.47 Å². The van der Waals surface area contributed by atoms with Gasteiger partial charge in [-0.05, 0) is 18.4 Å². The fourth-order valence-corrected chi connectivity index (χ4v) is 2.24. The molecule has 0 N–H and O–H groups in total. The highest BCUT2D eigenvalue weighted by Gasteiger charge is 2.19. The highest BCUT2D eigenvalue weighted by Crippen LogP contribution is 2.29. The Kier molecular flexibility index (Phi) is 3.70. The van der Waals surface area contributed by atoms with Crippen LogP contribution in [0.2, 0.25) is 0 Å². The van der Waals surface area contributed by atoms with E-state index >= 15 is 0 Å². The lowest BCUT2D eigenvalue weighted by atomic mass is 10.2. The van der Waals surface area contributed by atoms with Crippen LogP contribution in [-0.2, 0) is 4.74 Å². The predicted octanol–water partition coefficient (Wildman–Crippen LogP) is 2.45. The first-order chi connectivity index (χ1) is 7.85. The van der Waals surface area contributed by atoms with Crippen LogP contribution in [0.5, 0.6) is 5.75 Å². The molecule has 4 heteroatoms. The zero-order valence-corrected chi connectivity index (χ0v) is 9.92. The van der Waals surface area contributed by atoms with E-state index in [1.165, 1.54) is 0 Å². The van der Waals surface area contributed by atoms with Gasteiger partial charge in [-0.15, -0.1) is 11.8 Å². The second-order valence-electron chi connectivity index (χ2n) is 3.55. The molecular formula is C12H13NO2S. The number of hydrogen-bond acceptors (Lipinski definition) is 4. The van der Waals surface area contributed by atoms with Crippen LogP contribution in [0.3, 0.4) is 0 Å². The Balaban J connectivity index is 2.22. The molecule has 0 saturated carbocycles. The van der Waals surface area contributed by atoms with E-state index in [0.29, 0.717) is 17.9 Å². The lowest BCUT2D eigenvalue weighted by molar-refractivity contribution is 0.141. The molecule has 0 bridgehead atoms. The molecule has 1 unspecified atom stereocenters. The Bertz CT molecular complexity index is 408. The monoisotopic (exact) mass is 235 g/mol. The van der Waals surface area contributed by atoms with E-state index in [-0.39, 0.29) is 6.10 Å². The fourth-order valence-electron chi connectivity index (χ4n) is 1.67. The van der Waals surface area contributed by atoms with Crippen molar-refractivity contribution in [3.05, 3.63) is 23.8 Å². The van der Waals surface area contributed by atoms with Crippen molar-refractivity contribution in [1.29, 1.82) is 5.26 Å². The van der Waals surface area contributed by atoms with Gasteiger partial charge in [0, 0.05) is 11.3 Å². The molecule has 1 aromatic rings. The van der Waals surface area contributed by atoms with Crippen molar-refractivity contribution in [2.24, 2.45) is 0 Å². The molecule has 1 fully saturated rings. The van der Waals surface area contributed by atoms with Crippen LogP contribution in [0.1, 0.15) is 12.0 Å². The Labute approximate surface area is 99.4 Å². The van der Waals surface area contributed by atoms with E-state index in [1.807, 2.05) is 24.5 Å². The van der Waals surface area contributed by atoms with Crippen molar-refractivity contribution in [1.82, 2.24) is 0 Å². The van der Waals surface area contributed by atoms with Crippen LogP contribution in [0.25, 0.3) is 0 Å². The van der Waals surface area contributed by atoms with E-state index in [4.69, 9.17) is 14.7 Å². The number of nitrogens with zero attached hydrogens (tertiary/aromatic N) is 1. The molecule has 0 aliphatic carbocycles. The molecule has 16 heavy (non-hydrogen) atoms. The Morgan fingerprint density at radius 1 is 1.56 bits per heavy atom. The van der Waals surface area contributed by atoms with E-state index in [0.717, 1.165) is 17.9 Å². The zero-order valence-electron chi connectivity index (χ0n) is 9.10. The summed E-state index contributed by atoms with van der Waals surface area (Å²) < 4.78 is 11.0. The summed E-state index contributed by atoms with van der Waals surface area (Å²) >= 11 is 1.56. The Hall–Kier alpha value is -1.18. The summed E-state index contributed by atoms with van der Waals surface area (Å²) in [5, 5.41) is 9.13. The molecule has 0 aromatic heterocycles. The third kappa shape index (κ3) is 2.31. The first kappa shape index (κ1) is 11.3. The first-order valence-electron chi connectivity index (χ1n) is 5.16. The number of benzene rings is 1. The average molecular weight is 235 g/mol. The molecule has 0 spiro atoms. The average Bonchev–Trinajstić information content (AvgIpc) is 2.81. The van der Waals surface area contributed by atoms with Crippen LogP contribution in [0.15, 0.2) is 23.1 Å². The van der Waals surface area contributed by atoms with Gasteiger partial charge in [0.2, 0.25) is 0 Å². The van der Waals surface area contributed by atoms with Crippen LogP contribution in [-0.4, -0.2) is 25.6 Å². The number of rotatable bonds is 3. The molecule has 0 radical (unpaired) electrons. The summed E-state index contributed by atoms with van der Waals surface area (Å²) in [6.45, 7) is 1.36. The van der Waals surface area contributed by atoms with Crippen LogP contribution in [0, 0.1) is 11.3 Å². The normalized spacial score (nSPS) is 19.4. The lowest BCUT2D eigenvalue weighted by Gasteiger charge is -2.14. The SMILES string of the molecule is CSc1cccc(OC2CCOC2)c1C#N. The molecule has 1 saturated heterocycles. The van der Waals surface area contributed by atoms with Crippen molar-refractivity contribution >= 4 is 11.8 Å². The third-order valence-electron chi connectivity index (χ3n) is 2.50. The minimum absolute atomic E-state index is 0.0872. The third-order valence-corrected chi connectivity index (χ3v) is 3.28. The number of thioether (sulfide) groups is 1. The maximum Gasteiger partial charge on any atom is 0.138 e. The van der Waals surface area contributed by atoms with Crippen LogP contribution in [0.4, 0.5) is 0 Å². The molecular weight excluding hydrogens is 222 g/mol. The summed E-state index contributed by atoms with van der Waals surface area (Å²) in [6, 6.07) is 7.89. The number of ether oxygens (including phenoxy) is 2. The van der Waals surface area contributed by atoms with Gasteiger partial charge in [-0.2, -0.15) is 5.26 Å². The largest absolute Gasteiger partial charge is 0.487 e. The standard InChI is InChI=1S/C12H13NO2S/c1-16-12-4-2-3-11(10(12)7-13)15-9-5-6-14-8-9/h2-4,9H,5-6,8H2,1H3. The molecule has 1 atom stereocenters. The summed E-state index contributed by atoms with van der Waals surface area (Å²) in [5.41, 5.74) is 0.627. The Morgan fingerprint density at radius 3 is 3.06 bits per heavy atom. The molecule has 84 valence electrons. The maximum absolute atomic E-state index is 9.13. The highest BCUT2D eigenvalue weighted by atomic mass is 32.2. The quantitative estimate of drug-likeness (QED) is 0.755. The van der Waals surface area contributed by atoms with Gasteiger partial charge in [-0.1, -0.05) is 6.07 Å². The molecule has 2 rings (SSSR count).